The molecule has 0 spiro atoms. The Bertz CT molecular complexity index is 1270. The molecular formula is C28H45N7O14. The summed E-state index contributed by atoms with van der Waals surface area (Å²) in [5.74, 6) is -12.2. The molecule has 0 heterocycles. The maximum absolute atomic E-state index is 12.8. The van der Waals surface area contributed by atoms with Gasteiger partial charge in [-0.25, -0.2) is 9.59 Å². The summed E-state index contributed by atoms with van der Waals surface area (Å²) < 4.78 is 0. The smallest absolute Gasteiger partial charge is 0.326 e. The Morgan fingerprint density at radius 2 is 0.980 bits per heavy atom. The Balaban J connectivity index is 5.50. The summed E-state index contributed by atoms with van der Waals surface area (Å²) in [4.78, 5) is 121. The first-order valence-electron chi connectivity index (χ1n) is 15.0. The fraction of sp³-hybridized carbons (Fsp3) is 0.643. The number of aliphatic carboxylic acids is 4. The van der Waals surface area contributed by atoms with Gasteiger partial charge in [-0.1, -0.05) is 13.8 Å². The van der Waals surface area contributed by atoms with Crippen LogP contribution in [0, 0.1) is 5.92 Å². The normalized spacial score (nSPS) is 15.1. The molecule has 0 aliphatic carbocycles. The van der Waals surface area contributed by atoms with Gasteiger partial charge < -0.3 is 58.1 Å². The summed E-state index contributed by atoms with van der Waals surface area (Å²) in [5, 5.41) is 50.0. The summed E-state index contributed by atoms with van der Waals surface area (Å²) in [7, 11) is 0. The highest BCUT2D eigenvalue weighted by Gasteiger charge is 2.32. The molecule has 12 N–H and O–H groups in total. The number of nitrogens with two attached hydrogens (primary N) is 1. The molecule has 0 aromatic rings. The second-order valence-electron chi connectivity index (χ2n) is 11.6. The van der Waals surface area contributed by atoms with Gasteiger partial charge in [-0.3, -0.25) is 38.4 Å². The van der Waals surface area contributed by atoms with Crippen LogP contribution < -0.4 is 37.6 Å². The predicted octanol–water partition coefficient (Wildman–Crippen LogP) is -3.77. The Morgan fingerprint density at radius 1 is 0.510 bits per heavy atom. The second-order valence-corrected chi connectivity index (χ2v) is 11.6. The molecule has 0 aliphatic rings. The van der Waals surface area contributed by atoms with E-state index in [0.29, 0.717) is 0 Å². The molecule has 0 saturated heterocycles. The number of carbonyl (C=O) groups excluding carboxylic acids is 6. The maximum Gasteiger partial charge on any atom is 0.326 e. The van der Waals surface area contributed by atoms with Gasteiger partial charge in [-0.05, 0) is 39.5 Å². The van der Waals surface area contributed by atoms with Gasteiger partial charge in [0.15, 0.2) is 0 Å². The number of carboxylic acids is 4. The summed E-state index contributed by atoms with van der Waals surface area (Å²) in [5.41, 5.74) is 5.52. The molecule has 21 nitrogen and oxygen atoms in total. The van der Waals surface area contributed by atoms with E-state index in [1.165, 1.54) is 13.8 Å². The van der Waals surface area contributed by atoms with Crippen molar-refractivity contribution in [3.8, 4) is 0 Å². The average molecular weight is 704 g/mol. The van der Waals surface area contributed by atoms with E-state index in [9.17, 15) is 63.3 Å². The van der Waals surface area contributed by atoms with E-state index in [0.717, 1.165) is 6.92 Å². The molecule has 21 heteroatoms. The molecule has 0 aliphatic heterocycles. The molecule has 0 aromatic carbocycles. The van der Waals surface area contributed by atoms with E-state index in [1.54, 1.807) is 13.8 Å². The number of amides is 6. The third-order valence-corrected chi connectivity index (χ3v) is 6.56. The van der Waals surface area contributed by atoms with Crippen LogP contribution in [0.2, 0.25) is 0 Å². The minimum absolute atomic E-state index is 0.111. The SMILES string of the molecule is CC(C)C[C@H](NC(=O)[C@@H](C)N)C(=O)N[C@@H](CC(=O)N[C@@H](C)C(=O)N[C@@H](CC(=O)O)C(=O)N[C@H](CCC(=O)N[C@@H](C)C(=O)O)C(=O)O)C(=O)O. The van der Waals surface area contributed by atoms with Gasteiger partial charge in [0, 0.05) is 6.42 Å². The summed E-state index contributed by atoms with van der Waals surface area (Å²) in [6.07, 6.45) is -2.87. The van der Waals surface area contributed by atoms with Crippen LogP contribution in [0.15, 0.2) is 0 Å². The number of nitrogens with one attached hydrogen (secondary N) is 6. The van der Waals surface area contributed by atoms with Crippen molar-refractivity contribution in [3.05, 3.63) is 0 Å². The zero-order valence-corrected chi connectivity index (χ0v) is 27.6. The van der Waals surface area contributed by atoms with E-state index in [1.807, 2.05) is 10.6 Å². The Morgan fingerprint density at radius 3 is 1.45 bits per heavy atom. The number of hydrogen-bond donors (Lipinski definition) is 11. The van der Waals surface area contributed by atoms with Crippen molar-refractivity contribution in [2.75, 3.05) is 0 Å². The van der Waals surface area contributed by atoms with Crippen LogP contribution in [-0.4, -0.2) is 122 Å². The number of carboxylic acid groups (broad SMARTS) is 4. The van der Waals surface area contributed by atoms with Crippen molar-refractivity contribution in [1.29, 1.82) is 0 Å². The standard InChI is InChI=1S/C28H45N7O14/c1-11(2)8-16(33-22(40)12(3)29)24(42)35-18(28(48)49)9-20(37)30-13(4)23(41)34-17(10-21(38)39)25(43)32-15(27(46)47)6-7-19(36)31-14(5)26(44)45/h11-18H,6-10,29H2,1-5H3,(H,30,37)(H,31,36)(H,32,43)(H,33,40)(H,34,41)(H,35,42)(H,38,39)(H,44,45)(H,46,47)(H,48,49)/t12-,13+,14+,15-,16+,17+,18+/m1/s1. The van der Waals surface area contributed by atoms with E-state index in [2.05, 4.69) is 21.3 Å². The molecule has 0 unspecified atom stereocenters. The Labute approximate surface area is 280 Å². The zero-order chi connectivity index (χ0) is 38.2. The van der Waals surface area contributed by atoms with Crippen LogP contribution in [0.3, 0.4) is 0 Å². The maximum atomic E-state index is 12.8. The van der Waals surface area contributed by atoms with Gasteiger partial charge in [0.1, 0.15) is 36.3 Å². The van der Waals surface area contributed by atoms with Gasteiger partial charge in [0.05, 0.1) is 18.9 Å². The fourth-order valence-electron chi connectivity index (χ4n) is 3.89. The van der Waals surface area contributed by atoms with Gasteiger partial charge in [-0.2, -0.15) is 0 Å². The van der Waals surface area contributed by atoms with Gasteiger partial charge in [0.2, 0.25) is 35.4 Å². The minimum atomic E-state index is -1.87. The average Bonchev–Trinajstić information content (AvgIpc) is 2.96. The van der Waals surface area contributed by atoms with Crippen molar-refractivity contribution < 1.29 is 68.4 Å². The van der Waals surface area contributed by atoms with Gasteiger partial charge >= 0.3 is 23.9 Å². The summed E-state index contributed by atoms with van der Waals surface area (Å²) in [6.45, 7) is 7.14. The highest BCUT2D eigenvalue weighted by Crippen LogP contribution is 2.07. The molecule has 7 atom stereocenters. The lowest BCUT2D eigenvalue weighted by molar-refractivity contribution is -0.144. The summed E-state index contributed by atoms with van der Waals surface area (Å²) in [6, 6.07) is -10.4. The van der Waals surface area contributed by atoms with Crippen molar-refractivity contribution >= 4 is 59.3 Å². The van der Waals surface area contributed by atoms with Crippen molar-refractivity contribution in [2.45, 2.75) is 109 Å². The fourth-order valence-corrected chi connectivity index (χ4v) is 3.89. The molecule has 0 aromatic heterocycles. The Hall–Kier alpha value is -5.34. The van der Waals surface area contributed by atoms with Crippen LogP contribution in [-0.2, 0) is 47.9 Å². The molecule has 0 rings (SSSR count). The summed E-state index contributed by atoms with van der Waals surface area (Å²) >= 11 is 0. The monoisotopic (exact) mass is 703 g/mol. The van der Waals surface area contributed by atoms with E-state index in [-0.39, 0.29) is 12.3 Å². The van der Waals surface area contributed by atoms with Crippen molar-refractivity contribution in [2.24, 2.45) is 11.7 Å². The molecule has 6 amide bonds. The van der Waals surface area contributed by atoms with E-state index < -0.39 is 127 Å². The number of hydrogen-bond acceptors (Lipinski definition) is 11. The predicted molar refractivity (Wildman–Crippen MR) is 165 cm³/mol. The van der Waals surface area contributed by atoms with Gasteiger partial charge in [0.25, 0.3) is 0 Å². The Kier molecular flexibility index (Phi) is 18.5. The number of rotatable bonds is 22. The lowest BCUT2D eigenvalue weighted by Crippen LogP contribution is -2.57. The lowest BCUT2D eigenvalue weighted by atomic mass is 10.0. The molecule has 276 valence electrons. The highest BCUT2D eigenvalue weighted by atomic mass is 16.4. The largest absolute Gasteiger partial charge is 0.481 e. The van der Waals surface area contributed by atoms with Crippen LogP contribution in [0.1, 0.15) is 66.7 Å². The molecule has 0 bridgehead atoms. The molecule has 49 heavy (non-hydrogen) atoms. The molecular weight excluding hydrogens is 658 g/mol. The van der Waals surface area contributed by atoms with Crippen LogP contribution in [0.4, 0.5) is 0 Å². The second kappa shape index (κ2) is 20.8. The van der Waals surface area contributed by atoms with E-state index in [4.69, 9.17) is 10.8 Å². The third kappa shape index (κ3) is 17.4. The lowest BCUT2D eigenvalue weighted by Gasteiger charge is -2.24. The zero-order valence-electron chi connectivity index (χ0n) is 27.6. The van der Waals surface area contributed by atoms with Crippen LogP contribution in [0.25, 0.3) is 0 Å². The van der Waals surface area contributed by atoms with Gasteiger partial charge in [-0.15, -0.1) is 0 Å². The minimum Gasteiger partial charge on any atom is -0.481 e. The quantitative estimate of drug-likeness (QED) is 0.0515. The molecule has 0 saturated carbocycles. The topological polar surface area (TPSA) is 350 Å². The third-order valence-electron chi connectivity index (χ3n) is 6.56. The van der Waals surface area contributed by atoms with Crippen molar-refractivity contribution in [1.82, 2.24) is 31.9 Å². The first kappa shape index (κ1) is 43.7. The highest BCUT2D eigenvalue weighted by molar-refractivity contribution is 5.96. The van der Waals surface area contributed by atoms with Crippen LogP contribution in [0.5, 0.6) is 0 Å². The first-order chi connectivity index (χ1) is 22.5. The number of carbonyl (C=O) groups is 10. The first-order valence-corrected chi connectivity index (χ1v) is 15.0. The van der Waals surface area contributed by atoms with E-state index >= 15 is 0 Å². The van der Waals surface area contributed by atoms with Crippen LogP contribution >= 0.6 is 0 Å². The molecule has 0 fully saturated rings. The molecule has 0 radical (unpaired) electrons. The van der Waals surface area contributed by atoms with Crippen molar-refractivity contribution in [3.63, 3.8) is 0 Å².